The molecule has 0 spiro atoms. The first-order chi connectivity index (χ1) is 7.28. The fourth-order valence-corrected chi connectivity index (χ4v) is 1.81. The Morgan fingerprint density at radius 2 is 2.12 bits per heavy atom. The van der Waals surface area contributed by atoms with Crippen molar-refractivity contribution in [3.05, 3.63) is 0 Å². The Bertz CT molecular complexity index is 247. The molecule has 0 aromatic heterocycles. The molecule has 2 atom stereocenters. The van der Waals surface area contributed by atoms with Crippen LogP contribution >= 0.6 is 0 Å². The number of aliphatic hydroxyl groups excluding tert-OH is 1. The summed E-state index contributed by atoms with van der Waals surface area (Å²) in [5, 5.41) is 9.70. The van der Waals surface area contributed by atoms with E-state index in [0.29, 0.717) is 12.5 Å². The summed E-state index contributed by atoms with van der Waals surface area (Å²) in [5.74, 6) is 0.115. The van der Waals surface area contributed by atoms with E-state index in [0.717, 1.165) is 13.0 Å². The highest BCUT2D eigenvalue weighted by molar-refractivity contribution is 5.72. The van der Waals surface area contributed by atoms with Gasteiger partial charge in [0.1, 0.15) is 5.60 Å². The van der Waals surface area contributed by atoms with Crippen molar-refractivity contribution >= 4 is 5.97 Å². The van der Waals surface area contributed by atoms with Crippen LogP contribution in [0.25, 0.3) is 0 Å². The van der Waals surface area contributed by atoms with Gasteiger partial charge in [-0.05, 0) is 39.7 Å². The molecule has 1 fully saturated rings. The van der Waals surface area contributed by atoms with Crippen molar-refractivity contribution in [3.63, 3.8) is 0 Å². The number of esters is 1. The molecule has 0 bridgehead atoms. The summed E-state index contributed by atoms with van der Waals surface area (Å²) in [6, 6.07) is 0. The molecule has 4 heteroatoms. The Morgan fingerprint density at radius 3 is 2.62 bits per heavy atom. The second-order valence-electron chi connectivity index (χ2n) is 5.65. The lowest BCUT2D eigenvalue weighted by atomic mass is 9.96. The molecule has 0 saturated carbocycles. The van der Waals surface area contributed by atoms with E-state index in [1.807, 2.05) is 32.6 Å². The quantitative estimate of drug-likeness (QED) is 0.719. The predicted molar refractivity (Wildman–Crippen MR) is 62.1 cm³/mol. The molecule has 0 aromatic rings. The Morgan fingerprint density at radius 1 is 1.50 bits per heavy atom. The van der Waals surface area contributed by atoms with Crippen LogP contribution in [-0.2, 0) is 9.53 Å². The third-order valence-electron chi connectivity index (χ3n) is 2.78. The van der Waals surface area contributed by atoms with E-state index in [4.69, 9.17) is 4.74 Å². The van der Waals surface area contributed by atoms with Crippen molar-refractivity contribution in [3.8, 4) is 0 Å². The smallest absolute Gasteiger partial charge is 0.320 e. The first kappa shape index (κ1) is 13.5. The molecule has 0 aliphatic carbocycles. The third-order valence-corrected chi connectivity index (χ3v) is 2.78. The number of piperidine rings is 1. The highest BCUT2D eigenvalue weighted by atomic mass is 16.6. The lowest BCUT2D eigenvalue weighted by Gasteiger charge is -2.34. The van der Waals surface area contributed by atoms with E-state index in [1.165, 1.54) is 0 Å². The van der Waals surface area contributed by atoms with Crippen molar-refractivity contribution in [1.29, 1.82) is 0 Å². The van der Waals surface area contributed by atoms with Crippen LogP contribution in [0, 0.1) is 5.92 Å². The third kappa shape index (κ3) is 4.49. The number of rotatable bonds is 2. The van der Waals surface area contributed by atoms with Crippen molar-refractivity contribution in [2.75, 3.05) is 19.6 Å². The lowest BCUT2D eigenvalue weighted by molar-refractivity contribution is -0.157. The van der Waals surface area contributed by atoms with Crippen LogP contribution in [0.4, 0.5) is 0 Å². The molecule has 1 aliphatic rings. The van der Waals surface area contributed by atoms with Gasteiger partial charge in [-0.2, -0.15) is 0 Å². The Labute approximate surface area is 97.6 Å². The van der Waals surface area contributed by atoms with E-state index in [1.54, 1.807) is 0 Å². The van der Waals surface area contributed by atoms with Crippen LogP contribution in [0.15, 0.2) is 0 Å². The van der Waals surface area contributed by atoms with Gasteiger partial charge in [0.05, 0.1) is 12.6 Å². The summed E-state index contributed by atoms with van der Waals surface area (Å²) in [5.41, 5.74) is -0.432. The maximum atomic E-state index is 11.6. The average molecular weight is 229 g/mol. The van der Waals surface area contributed by atoms with Crippen molar-refractivity contribution in [1.82, 2.24) is 4.90 Å². The molecule has 4 nitrogen and oxygen atoms in total. The molecule has 0 aromatic carbocycles. The summed E-state index contributed by atoms with van der Waals surface area (Å²) in [6.07, 6.45) is 0.612. The van der Waals surface area contributed by atoms with E-state index < -0.39 is 5.60 Å². The second-order valence-corrected chi connectivity index (χ2v) is 5.65. The van der Waals surface area contributed by atoms with Crippen molar-refractivity contribution < 1.29 is 14.6 Å². The van der Waals surface area contributed by atoms with E-state index in [-0.39, 0.29) is 18.6 Å². The monoisotopic (exact) mass is 229 g/mol. The minimum atomic E-state index is -0.432. The predicted octanol–water partition coefficient (Wildman–Crippen LogP) is 1.03. The number of ether oxygens (including phenoxy) is 1. The zero-order valence-corrected chi connectivity index (χ0v) is 10.7. The zero-order chi connectivity index (χ0) is 12.3. The summed E-state index contributed by atoms with van der Waals surface area (Å²) >= 11 is 0. The number of likely N-dealkylation sites (tertiary alicyclic amines) is 1. The fourth-order valence-electron chi connectivity index (χ4n) is 1.81. The van der Waals surface area contributed by atoms with Gasteiger partial charge in [-0.1, -0.05) is 6.92 Å². The highest BCUT2D eigenvalue weighted by Gasteiger charge is 2.26. The molecule has 2 unspecified atom stereocenters. The standard InChI is InChI=1S/C12H23NO3/c1-9-5-6-13(7-10(9)14)8-11(15)16-12(2,3)4/h9-10,14H,5-8H2,1-4H3. The number of hydrogen-bond acceptors (Lipinski definition) is 4. The second kappa shape index (κ2) is 5.15. The van der Waals surface area contributed by atoms with E-state index >= 15 is 0 Å². The molecule has 0 amide bonds. The summed E-state index contributed by atoms with van der Waals surface area (Å²) in [4.78, 5) is 13.5. The van der Waals surface area contributed by atoms with Gasteiger partial charge in [-0.25, -0.2) is 0 Å². The number of carbonyl (C=O) groups excluding carboxylic acids is 1. The normalized spacial score (nSPS) is 27.8. The van der Waals surface area contributed by atoms with Crippen molar-refractivity contribution in [2.45, 2.75) is 45.8 Å². The number of nitrogens with zero attached hydrogens (tertiary/aromatic N) is 1. The van der Waals surface area contributed by atoms with Gasteiger partial charge in [-0.15, -0.1) is 0 Å². The fraction of sp³-hybridized carbons (Fsp3) is 0.917. The highest BCUT2D eigenvalue weighted by Crippen LogP contribution is 2.17. The number of hydrogen-bond donors (Lipinski definition) is 1. The van der Waals surface area contributed by atoms with Crippen LogP contribution < -0.4 is 0 Å². The maximum Gasteiger partial charge on any atom is 0.320 e. The van der Waals surface area contributed by atoms with Crippen LogP contribution in [0.5, 0.6) is 0 Å². The van der Waals surface area contributed by atoms with E-state index in [9.17, 15) is 9.90 Å². The molecule has 1 aliphatic heterocycles. The van der Waals surface area contributed by atoms with Gasteiger partial charge in [0.2, 0.25) is 0 Å². The van der Waals surface area contributed by atoms with Gasteiger partial charge in [-0.3, -0.25) is 9.69 Å². The van der Waals surface area contributed by atoms with Crippen LogP contribution in [0.1, 0.15) is 34.1 Å². The van der Waals surface area contributed by atoms with Gasteiger partial charge < -0.3 is 9.84 Å². The van der Waals surface area contributed by atoms with Crippen LogP contribution in [0.3, 0.4) is 0 Å². The minimum absolute atomic E-state index is 0.214. The molecule has 1 saturated heterocycles. The van der Waals surface area contributed by atoms with Gasteiger partial charge in [0.25, 0.3) is 0 Å². The molecule has 16 heavy (non-hydrogen) atoms. The van der Waals surface area contributed by atoms with Gasteiger partial charge in [0.15, 0.2) is 0 Å². The first-order valence-corrected chi connectivity index (χ1v) is 5.90. The number of β-amino-alcohol motifs (C(OH)–C–C–N with tert-alkyl or cyclic N) is 1. The lowest BCUT2D eigenvalue weighted by Crippen LogP contribution is -2.45. The largest absolute Gasteiger partial charge is 0.459 e. The first-order valence-electron chi connectivity index (χ1n) is 5.90. The molecule has 94 valence electrons. The Kier molecular flexibility index (Phi) is 4.33. The van der Waals surface area contributed by atoms with Gasteiger partial charge in [0, 0.05) is 6.54 Å². The Hall–Kier alpha value is -0.610. The van der Waals surface area contributed by atoms with Crippen molar-refractivity contribution in [2.24, 2.45) is 5.92 Å². The zero-order valence-electron chi connectivity index (χ0n) is 10.7. The Balaban J connectivity index is 2.35. The topological polar surface area (TPSA) is 49.8 Å². The molecular weight excluding hydrogens is 206 g/mol. The molecule has 0 radical (unpaired) electrons. The molecule has 1 rings (SSSR count). The average Bonchev–Trinajstić information content (AvgIpc) is 2.08. The SMILES string of the molecule is CC1CCN(CC(=O)OC(C)(C)C)CC1O. The molecule has 1 N–H and O–H groups in total. The maximum absolute atomic E-state index is 11.6. The molecule has 1 heterocycles. The minimum Gasteiger partial charge on any atom is -0.459 e. The summed E-state index contributed by atoms with van der Waals surface area (Å²) < 4.78 is 5.24. The van der Waals surface area contributed by atoms with Gasteiger partial charge >= 0.3 is 5.97 Å². The summed E-state index contributed by atoms with van der Waals surface area (Å²) in [7, 11) is 0. The number of aliphatic hydroxyl groups is 1. The van der Waals surface area contributed by atoms with E-state index in [2.05, 4.69) is 0 Å². The summed E-state index contributed by atoms with van der Waals surface area (Å²) in [6.45, 7) is 9.32. The molecular formula is C12H23NO3. The van der Waals surface area contributed by atoms with Crippen LogP contribution in [-0.4, -0.2) is 47.3 Å². The number of carbonyl (C=O) groups is 1. The van der Waals surface area contributed by atoms with Crippen LogP contribution in [0.2, 0.25) is 0 Å².